The molecule has 7 heteroatoms. The van der Waals surface area contributed by atoms with Crippen molar-refractivity contribution in [2.75, 3.05) is 24.5 Å². The van der Waals surface area contributed by atoms with Crippen LogP contribution >= 0.6 is 0 Å². The summed E-state index contributed by atoms with van der Waals surface area (Å²) in [5.74, 6) is -0.305. The molecule has 1 saturated heterocycles. The average Bonchev–Trinajstić information content (AvgIpc) is 3.19. The second-order valence-electron chi connectivity index (χ2n) is 6.63. The van der Waals surface area contributed by atoms with Crippen LogP contribution in [-0.2, 0) is 14.8 Å². The first-order chi connectivity index (χ1) is 12.9. The molecule has 3 rings (SSSR count). The second-order valence-corrected chi connectivity index (χ2v) is 8.60. The van der Waals surface area contributed by atoms with Gasteiger partial charge < -0.3 is 10.1 Å². The number of hydrogen-bond acceptors (Lipinski definition) is 4. The van der Waals surface area contributed by atoms with Crippen LogP contribution in [0.25, 0.3) is 0 Å². The van der Waals surface area contributed by atoms with E-state index < -0.39 is 10.0 Å². The Labute approximate surface area is 160 Å². The lowest BCUT2D eigenvalue weighted by Crippen LogP contribution is -2.32. The van der Waals surface area contributed by atoms with Gasteiger partial charge in [0.05, 0.1) is 16.7 Å². The molecule has 0 saturated carbocycles. The molecule has 0 spiro atoms. The number of anilines is 1. The Kier molecular flexibility index (Phi) is 5.82. The molecule has 1 unspecified atom stereocenters. The van der Waals surface area contributed by atoms with Crippen molar-refractivity contribution in [1.29, 1.82) is 0 Å². The number of carbonyl (C=O) groups is 1. The van der Waals surface area contributed by atoms with E-state index in [1.54, 1.807) is 24.3 Å². The highest BCUT2D eigenvalue weighted by molar-refractivity contribution is 7.92. The maximum atomic E-state index is 13.0. The lowest BCUT2D eigenvalue weighted by Gasteiger charge is -2.21. The number of nitrogens with one attached hydrogen (secondary N) is 1. The Bertz CT molecular complexity index is 921. The van der Waals surface area contributed by atoms with Gasteiger partial charge in [0.2, 0.25) is 0 Å². The molecule has 1 atom stereocenters. The standard InChI is InChI=1S/C20H24N2O4S/c1-15-7-3-4-11-19(15)22(2)27(24,25)18-10-5-8-16(13-18)20(23)21-14-17-9-6-12-26-17/h3-5,7-8,10-11,13,17H,6,9,12,14H2,1-2H3,(H,21,23). The number of sulfonamides is 1. The summed E-state index contributed by atoms with van der Waals surface area (Å²) in [4.78, 5) is 12.5. The van der Waals surface area contributed by atoms with Gasteiger partial charge in [-0.05, 0) is 49.6 Å². The quantitative estimate of drug-likeness (QED) is 0.826. The van der Waals surface area contributed by atoms with Crippen LogP contribution in [0.3, 0.4) is 0 Å². The molecule has 1 N–H and O–H groups in total. The van der Waals surface area contributed by atoms with Gasteiger partial charge in [0.25, 0.3) is 15.9 Å². The summed E-state index contributed by atoms with van der Waals surface area (Å²) in [6, 6.07) is 13.4. The van der Waals surface area contributed by atoms with E-state index in [9.17, 15) is 13.2 Å². The molecular weight excluding hydrogens is 364 g/mol. The highest BCUT2D eigenvalue weighted by Gasteiger charge is 2.24. The van der Waals surface area contributed by atoms with E-state index in [0.717, 1.165) is 25.0 Å². The van der Waals surface area contributed by atoms with Crippen LogP contribution in [-0.4, -0.2) is 40.6 Å². The molecule has 144 valence electrons. The van der Waals surface area contributed by atoms with Crippen LogP contribution in [0.15, 0.2) is 53.4 Å². The van der Waals surface area contributed by atoms with Gasteiger partial charge in [-0.3, -0.25) is 9.10 Å². The van der Waals surface area contributed by atoms with Crippen molar-refractivity contribution in [3.05, 3.63) is 59.7 Å². The minimum atomic E-state index is -3.77. The molecule has 0 aliphatic carbocycles. The summed E-state index contributed by atoms with van der Waals surface area (Å²) in [6.45, 7) is 3.01. The third kappa shape index (κ3) is 4.31. The maximum Gasteiger partial charge on any atom is 0.264 e. The van der Waals surface area contributed by atoms with Crippen LogP contribution in [0.4, 0.5) is 5.69 Å². The Morgan fingerprint density at radius 3 is 2.70 bits per heavy atom. The molecule has 1 heterocycles. The SMILES string of the molecule is Cc1ccccc1N(C)S(=O)(=O)c1cccc(C(=O)NCC2CCCO2)c1. The van der Waals surface area contributed by atoms with Gasteiger partial charge in [0.15, 0.2) is 0 Å². The van der Waals surface area contributed by atoms with Crippen LogP contribution in [0.5, 0.6) is 0 Å². The number of hydrogen-bond donors (Lipinski definition) is 1. The normalized spacial score (nSPS) is 16.9. The fourth-order valence-corrected chi connectivity index (χ4v) is 4.42. The van der Waals surface area contributed by atoms with Crippen molar-refractivity contribution in [3.8, 4) is 0 Å². The lowest BCUT2D eigenvalue weighted by molar-refractivity contribution is 0.0857. The maximum absolute atomic E-state index is 13.0. The summed E-state index contributed by atoms with van der Waals surface area (Å²) in [7, 11) is -2.26. The number of amides is 1. The van der Waals surface area contributed by atoms with E-state index in [2.05, 4.69) is 5.32 Å². The van der Waals surface area contributed by atoms with Crippen LogP contribution < -0.4 is 9.62 Å². The van der Waals surface area contributed by atoms with Crippen LogP contribution in [0.1, 0.15) is 28.8 Å². The third-order valence-corrected chi connectivity index (χ3v) is 6.49. The first-order valence-electron chi connectivity index (χ1n) is 8.94. The van der Waals surface area contributed by atoms with E-state index in [1.807, 2.05) is 19.1 Å². The first kappa shape index (κ1) is 19.4. The lowest BCUT2D eigenvalue weighted by atomic mass is 10.2. The highest BCUT2D eigenvalue weighted by atomic mass is 32.2. The Morgan fingerprint density at radius 2 is 2.00 bits per heavy atom. The zero-order chi connectivity index (χ0) is 19.4. The Balaban J connectivity index is 1.79. The van der Waals surface area contributed by atoms with E-state index in [0.29, 0.717) is 17.8 Å². The largest absolute Gasteiger partial charge is 0.376 e. The summed E-state index contributed by atoms with van der Waals surface area (Å²) < 4.78 is 32.7. The zero-order valence-electron chi connectivity index (χ0n) is 15.5. The first-order valence-corrected chi connectivity index (χ1v) is 10.4. The molecule has 0 bridgehead atoms. The van der Waals surface area contributed by atoms with Gasteiger partial charge in [0.1, 0.15) is 0 Å². The number of para-hydroxylation sites is 1. The van der Waals surface area contributed by atoms with Crippen molar-refractivity contribution in [1.82, 2.24) is 5.32 Å². The molecule has 1 aliphatic rings. The van der Waals surface area contributed by atoms with Crippen molar-refractivity contribution >= 4 is 21.6 Å². The van der Waals surface area contributed by atoms with Crippen molar-refractivity contribution < 1.29 is 17.9 Å². The summed E-state index contributed by atoms with van der Waals surface area (Å²) in [5.41, 5.74) is 1.77. The minimum absolute atomic E-state index is 0.0352. The molecule has 2 aromatic carbocycles. The predicted molar refractivity (Wildman–Crippen MR) is 105 cm³/mol. The molecule has 1 fully saturated rings. The van der Waals surface area contributed by atoms with Crippen molar-refractivity contribution in [3.63, 3.8) is 0 Å². The van der Waals surface area contributed by atoms with E-state index in [1.165, 1.54) is 23.5 Å². The monoisotopic (exact) mass is 388 g/mol. The second kappa shape index (κ2) is 8.10. The topological polar surface area (TPSA) is 75.7 Å². The Hall–Kier alpha value is -2.38. The van der Waals surface area contributed by atoms with Crippen molar-refractivity contribution in [2.45, 2.75) is 30.8 Å². The van der Waals surface area contributed by atoms with Crippen LogP contribution in [0, 0.1) is 6.92 Å². The fraction of sp³-hybridized carbons (Fsp3) is 0.350. The van der Waals surface area contributed by atoms with Gasteiger partial charge in [0, 0.05) is 25.8 Å². The highest BCUT2D eigenvalue weighted by Crippen LogP contribution is 2.25. The predicted octanol–water partition coefficient (Wildman–Crippen LogP) is 2.73. The van der Waals surface area contributed by atoms with Crippen molar-refractivity contribution in [2.24, 2.45) is 0 Å². The van der Waals surface area contributed by atoms with E-state index >= 15 is 0 Å². The number of nitrogens with zero attached hydrogens (tertiary/aromatic N) is 1. The van der Waals surface area contributed by atoms with Gasteiger partial charge in [-0.1, -0.05) is 24.3 Å². The smallest absolute Gasteiger partial charge is 0.264 e. The number of rotatable bonds is 6. The molecule has 1 amide bonds. The number of benzene rings is 2. The van der Waals surface area contributed by atoms with Gasteiger partial charge >= 0.3 is 0 Å². The molecule has 0 aromatic heterocycles. The van der Waals surface area contributed by atoms with E-state index in [-0.39, 0.29) is 16.9 Å². The molecule has 27 heavy (non-hydrogen) atoms. The molecular formula is C20H24N2O4S. The minimum Gasteiger partial charge on any atom is -0.376 e. The molecule has 0 radical (unpaired) electrons. The molecule has 6 nitrogen and oxygen atoms in total. The Morgan fingerprint density at radius 1 is 1.22 bits per heavy atom. The number of aryl methyl sites for hydroxylation is 1. The average molecular weight is 388 g/mol. The van der Waals surface area contributed by atoms with Crippen LogP contribution in [0.2, 0.25) is 0 Å². The number of carbonyl (C=O) groups excluding carboxylic acids is 1. The fourth-order valence-electron chi connectivity index (χ4n) is 3.12. The molecule has 1 aliphatic heterocycles. The zero-order valence-corrected chi connectivity index (χ0v) is 16.3. The van der Waals surface area contributed by atoms with E-state index in [4.69, 9.17) is 4.74 Å². The third-order valence-electron chi connectivity index (χ3n) is 4.72. The summed E-state index contributed by atoms with van der Waals surface area (Å²) >= 11 is 0. The van der Waals surface area contributed by atoms with Gasteiger partial charge in [-0.15, -0.1) is 0 Å². The summed E-state index contributed by atoms with van der Waals surface area (Å²) in [6.07, 6.45) is 1.96. The summed E-state index contributed by atoms with van der Waals surface area (Å²) in [5, 5.41) is 2.82. The molecule has 2 aromatic rings. The van der Waals surface area contributed by atoms with Gasteiger partial charge in [-0.25, -0.2) is 8.42 Å². The van der Waals surface area contributed by atoms with Gasteiger partial charge in [-0.2, -0.15) is 0 Å². The number of ether oxygens (including phenoxy) is 1.